The van der Waals surface area contributed by atoms with Crippen molar-refractivity contribution in [3.63, 3.8) is 0 Å². The van der Waals surface area contributed by atoms with Gasteiger partial charge in [0.1, 0.15) is 0 Å². The number of amides is 2. The number of rotatable bonds is 6. The van der Waals surface area contributed by atoms with Gasteiger partial charge in [-0.15, -0.1) is 0 Å². The number of nitrogens with one attached hydrogen (secondary N) is 2. The molecule has 1 unspecified atom stereocenters. The van der Waals surface area contributed by atoms with Crippen molar-refractivity contribution in [1.82, 2.24) is 10.6 Å². The van der Waals surface area contributed by atoms with Crippen molar-refractivity contribution in [2.45, 2.75) is 40.2 Å². The van der Waals surface area contributed by atoms with Crippen LogP contribution >= 0.6 is 0 Å². The van der Waals surface area contributed by atoms with Gasteiger partial charge in [0.2, 0.25) is 0 Å². The molecule has 19 heavy (non-hydrogen) atoms. The Bertz CT molecular complexity index is 352. The van der Waals surface area contributed by atoms with Gasteiger partial charge in [-0.2, -0.15) is 0 Å². The summed E-state index contributed by atoms with van der Waals surface area (Å²) in [5.41, 5.74) is 0.444. The molecule has 0 aromatic rings. The van der Waals surface area contributed by atoms with Gasteiger partial charge in [0.05, 0.1) is 0 Å². The molecular weight excluding hydrogens is 248 g/mol. The fourth-order valence-corrected chi connectivity index (χ4v) is 2.55. The minimum Gasteiger partial charge on any atom is -0.479 e. The molecule has 1 aliphatic carbocycles. The standard InChI is InChI=1S/C13H24N2O4/c1-12(2)9(13(12,3)4)7-15-11(19)14-6-5-8(16)10(17)18/h8-9,16H,5-7H2,1-4H3,(H,17,18)(H2,14,15,19). The zero-order valence-corrected chi connectivity index (χ0v) is 12.0. The smallest absolute Gasteiger partial charge is 0.332 e. The maximum Gasteiger partial charge on any atom is 0.332 e. The SMILES string of the molecule is CC1(C)C(CNC(=O)NCCC(O)C(=O)O)C1(C)C. The number of urea groups is 1. The molecule has 110 valence electrons. The highest BCUT2D eigenvalue weighted by Gasteiger charge is 2.64. The van der Waals surface area contributed by atoms with Crippen LogP contribution in [0.3, 0.4) is 0 Å². The van der Waals surface area contributed by atoms with Gasteiger partial charge in [-0.05, 0) is 16.7 Å². The summed E-state index contributed by atoms with van der Waals surface area (Å²) in [5.74, 6) is -0.834. The third kappa shape index (κ3) is 3.37. The summed E-state index contributed by atoms with van der Waals surface area (Å²) in [4.78, 5) is 21.9. The van der Waals surface area contributed by atoms with Crippen LogP contribution in [-0.2, 0) is 4.79 Å². The Morgan fingerprint density at radius 2 is 1.68 bits per heavy atom. The molecule has 2 amide bonds. The molecule has 1 fully saturated rings. The van der Waals surface area contributed by atoms with E-state index in [1.807, 2.05) is 0 Å². The van der Waals surface area contributed by atoms with Crippen molar-refractivity contribution in [2.24, 2.45) is 16.7 Å². The second kappa shape index (κ2) is 5.36. The second-order valence-electron chi connectivity index (χ2n) is 6.28. The molecule has 0 heterocycles. The lowest BCUT2D eigenvalue weighted by Gasteiger charge is -2.09. The van der Waals surface area contributed by atoms with Crippen LogP contribution in [0.25, 0.3) is 0 Å². The van der Waals surface area contributed by atoms with Crippen molar-refractivity contribution in [1.29, 1.82) is 0 Å². The summed E-state index contributed by atoms with van der Waals surface area (Å²) >= 11 is 0. The summed E-state index contributed by atoms with van der Waals surface area (Å²) in [6, 6.07) is -0.323. The first-order valence-electron chi connectivity index (χ1n) is 6.53. The van der Waals surface area contributed by atoms with E-state index in [0.29, 0.717) is 12.5 Å². The van der Waals surface area contributed by atoms with Crippen molar-refractivity contribution < 1.29 is 19.8 Å². The molecule has 1 aliphatic rings. The van der Waals surface area contributed by atoms with E-state index in [1.165, 1.54) is 0 Å². The number of carboxylic acid groups (broad SMARTS) is 1. The van der Waals surface area contributed by atoms with E-state index < -0.39 is 12.1 Å². The van der Waals surface area contributed by atoms with Gasteiger partial charge >= 0.3 is 12.0 Å². The van der Waals surface area contributed by atoms with Crippen LogP contribution in [0, 0.1) is 16.7 Å². The Balaban J connectivity index is 2.18. The van der Waals surface area contributed by atoms with E-state index in [-0.39, 0.29) is 29.8 Å². The van der Waals surface area contributed by atoms with Crippen LogP contribution in [0.1, 0.15) is 34.1 Å². The Hall–Kier alpha value is -1.30. The molecule has 0 bridgehead atoms. The van der Waals surface area contributed by atoms with Crippen molar-refractivity contribution in [3.05, 3.63) is 0 Å². The van der Waals surface area contributed by atoms with Gasteiger partial charge in [-0.25, -0.2) is 9.59 Å². The Morgan fingerprint density at radius 1 is 1.16 bits per heavy atom. The van der Waals surface area contributed by atoms with Crippen LogP contribution in [0.5, 0.6) is 0 Å². The number of carbonyl (C=O) groups excluding carboxylic acids is 1. The number of carbonyl (C=O) groups is 2. The predicted molar refractivity (Wildman–Crippen MR) is 70.7 cm³/mol. The van der Waals surface area contributed by atoms with Gasteiger partial charge in [-0.1, -0.05) is 27.7 Å². The number of aliphatic hydroxyl groups is 1. The second-order valence-corrected chi connectivity index (χ2v) is 6.28. The van der Waals surface area contributed by atoms with Crippen molar-refractivity contribution in [2.75, 3.05) is 13.1 Å². The molecule has 0 spiro atoms. The van der Waals surface area contributed by atoms with E-state index in [0.717, 1.165) is 0 Å². The molecule has 0 saturated heterocycles. The zero-order valence-electron chi connectivity index (χ0n) is 12.0. The fourth-order valence-electron chi connectivity index (χ4n) is 2.55. The zero-order chi connectivity index (χ0) is 14.8. The molecular formula is C13H24N2O4. The third-order valence-electron chi connectivity index (χ3n) is 4.77. The fraction of sp³-hybridized carbons (Fsp3) is 0.846. The maximum absolute atomic E-state index is 11.5. The molecule has 6 heteroatoms. The van der Waals surface area contributed by atoms with Gasteiger partial charge in [0.25, 0.3) is 0 Å². The number of hydrogen-bond acceptors (Lipinski definition) is 3. The molecule has 1 saturated carbocycles. The molecule has 4 N–H and O–H groups in total. The number of hydrogen-bond donors (Lipinski definition) is 4. The van der Waals surface area contributed by atoms with Crippen LogP contribution in [-0.4, -0.2) is 41.4 Å². The van der Waals surface area contributed by atoms with E-state index >= 15 is 0 Å². The van der Waals surface area contributed by atoms with Gasteiger partial charge in [0.15, 0.2) is 6.10 Å². The molecule has 0 radical (unpaired) electrons. The summed E-state index contributed by atoms with van der Waals surface area (Å²) < 4.78 is 0. The van der Waals surface area contributed by atoms with Crippen molar-refractivity contribution in [3.8, 4) is 0 Å². The summed E-state index contributed by atoms with van der Waals surface area (Å²) in [6.45, 7) is 9.46. The average molecular weight is 272 g/mol. The summed E-state index contributed by atoms with van der Waals surface area (Å²) in [7, 11) is 0. The molecule has 0 aromatic carbocycles. The maximum atomic E-state index is 11.5. The number of carboxylic acids is 1. The molecule has 0 aliphatic heterocycles. The summed E-state index contributed by atoms with van der Waals surface area (Å²) in [6.07, 6.45) is -1.43. The minimum atomic E-state index is -1.43. The Kier molecular flexibility index (Phi) is 4.45. The number of aliphatic hydroxyl groups excluding tert-OH is 1. The molecule has 1 rings (SSSR count). The average Bonchev–Trinajstić information content (AvgIpc) is 2.66. The summed E-state index contributed by atoms with van der Waals surface area (Å²) in [5, 5.41) is 22.8. The highest BCUT2D eigenvalue weighted by molar-refractivity contribution is 5.74. The highest BCUT2D eigenvalue weighted by atomic mass is 16.4. The lowest BCUT2D eigenvalue weighted by Crippen LogP contribution is -2.39. The largest absolute Gasteiger partial charge is 0.479 e. The quantitative estimate of drug-likeness (QED) is 0.575. The predicted octanol–water partition coefficient (Wildman–Crippen LogP) is 0.803. The lowest BCUT2D eigenvalue weighted by atomic mass is 10.0. The van der Waals surface area contributed by atoms with E-state index in [1.54, 1.807) is 0 Å². The van der Waals surface area contributed by atoms with Crippen LogP contribution < -0.4 is 10.6 Å². The van der Waals surface area contributed by atoms with Gasteiger partial charge in [0, 0.05) is 19.5 Å². The van der Waals surface area contributed by atoms with Crippen LogP contribution in [0.15, 0.2) is 0 Å². The normalized spacial score (nSPS) is 21.5. The first-order chi connectivity index (χ1) is 8.60. The van der Waals surface area contributed by atoms with Gasteiger partial charge in [-0.3, -0.25) is 0 Å². The monoisotopic (exact) mass is 272 g/mol. The highest BCUT2D eigenvalue weighted by Crippen LogP contribution is 2.67. The Labute approximate surface area is 113 Å². The van der Waals surface area contributed by atoms with E-state index in [9.17, 15) is 9.59 Å². The molecule has 1 atom stereocenters. The number of aliphatic carboxylic acids is 1. The Morgan fingerprint density at radius 3 is 2.11 bits per heavy atom. The minimum absolute atomic E-state index is 0.00314. The lowest BCUT2D eigenvalue weighted by molar-refractivity contribution is -0.146. The first kappa shape index (κ1) is 15.8. The first-order valence-corrected chi connectivity index (χ1v) is 6.53. The third-order valence-corrected chi connectivity index (χ3v) is 4.77. The topological polar surface area (TPSA) is 98.7 Å². The van der Waals surface area contributed by atoms with E-state index in [2.05, 4.69) is 38.3 Å². The van der Waals surface area contributed by atoms with Crippen molar-refractivity contribution >= 4 is 12.0 Å². The van der Waals surface area contributed by atoms with Crippen LogP contribution in [0.4, 0.5) is 4.79 Å². The van der Waals surface area contributed by atoms with Gasteiger partial charge < -0.3 is 20.8 Å². The van der Waals surface area contributed by atoms with E-state index in [4.69, 9.17) is 10.2 Å². The van der Waals surface area contributed by atoms with Crippen LogP contribution in [0.2, 0.25) is 0 Å². The molecule has 6 nitrogen and oxygen atoms in total. The molecule has 0 aromatic heterocycles.